The van der Waals surface area contributed by atoms with Crippen molar-refractivity contribution in [2.45, 2.75) is 26.8 Å². The van der Waals surface area contributed by atoms with E-state index in [0.29, 0.717) is 23.2 Å². The third kappa shape index (κ3) is 3.83. The quantitative estimate of drug-likeness (QED) is 0.558. The van der Waals surface area contributed by atoms with Gasteiger partial charge >= 0.3 is 5.97 Å². The van der Waals surface area contributed by atoms with Gasteiger partial charge in [0, 0.05) is 33.2 Å². The van der Waals surface area contributed by atoms with Gasteiger partial charge < -0.3 is 9.30 Å². The fourth-order valence-corrected chi connectivity index (χ4v) is 3.51. The fourth-order valence-electron chi connectivity index (χ4n) is 3.12. The largest absolute Gasteiger partial charge is 0.466 e. The lowest BCUT2D eigenvalue weighted by molar-refractivity contribution is -0.142. The van der Waals surface area contributed by atoms with Gasteiger partial charge in [-0.1, -0.05) is 35.3 Å². The molecule has 3 aromatic rings. The zero-order chi connectivity index (χ0) is 18.0. The monoisotopic (exact) mass is 375 g/mol. The maximum Gasteiger partial charge on any atom is 0.310 e. The first-order valence-corrected chi connectivity index (χ1v) is 8.92. The lowest BCUT2D eigenvalue weighted by Gasteiger charge is -2.09. The molecule has 0 saturated carbocycles. The summed E-state index contributed by atoms with van der Waals surface area (Å²) < 4.78 is 7.31. The van der Waals surface area contributed by atoms with E-state index >= 15 is 0 Å². The third-order valence-corrected chi connectivity index (χ3v) is 4.74. The van der Waals surface area contributed by atoms with Crippen LogP contribution in [0.5, 0.6) is 0 Å². The number of aromatic nitrogens is 1. The summed E-state index contributed by atoms with van der Waals surface area (Å²) in [5.41, 5.74) is 4.13. The van der Waals surface area contributed by atoms with Gasteiger partial charge in [0.2, 0.25) is 0 Å². The van der Waals surface area contributed by atoms with Crippen molar-refractivity contribution in [3.05, 3.63) is 69.3 Å². The minimum Gasteiger partial charge on any atom is -0.466 e. The first-order valence-electron chi connectivity index (χ1n) is 8.17. The van der Waals surface area contributed by atoms with Crippen LogP contribution in [0.1, 0.15) is 23.7 Å². The van der Waals surface area contributed by atoms with Gasteiger partial charge in [-0.25, -0.2) is 0 Å². The highest BCUT2D eigenvalue weighted by atomic mass is 35.5. The Kier molecular flexibility index (Phi) is 5.36. The minimum atomic E-state index is -0.229. The number of carbonyl (C=O) groups excluding carboxylic acids is 1. The Hall–Kier alpha value is -1.97. The number of halogens is 2. The first-order chi connectivity index (χ1) is 12.0. The highest BCUT2D eigenvalue weighted by molar-refractivity contribution is 6.31. The van der Waals surface area contributed by atoms with E-state index in [1.54, 1.807) is 0 Å². The molecule has 1 heterocycles. The van der Waals surface area contributed by atoms with Crippen LogP contribution in [0.15, 0.2) is 42.5 Å². The van der Waals surface area contributed by atoms with E-state index in [4.69, 9.17) is 27.9 Å². The number of nitrogens with zero attached hydrogens (tertiary/aromatic N) is 1. The van der Waals surface area contributed by atoms with Crippen molar-refractivity contribution in [1.82, 2.24) is 4.57 Å². The molecule has 0 aliphatic carbocycles. The summed E-state index contributed by atoms with van der Waals surface area (Å²) in [5, 5.41) is 2.35. The van der Waals surface area contributed by atoms with Gasteiger partial charge in [0.25, 0.3) is 0 Å². The Morgan fingerprint density at radius 3 is 2.60 bits per heavy atom. The molecule has 0 aliphatic rings. The Morgan fingerprint density at radius 1 is 1.12 bits per heavy atom. The second kappa shape index (κ2) is 7.51. The molecular weight excluding hydrogens is 357 g/mol. The van der Waals surface area contributed by atoms with Gasteiger partial charge in [0.15, 0.2) is 0 Å². The van der Waals surface area contributed by atoms with Crippen molar-refractivity contribution in [2.24, 2.45) is 0 Å². The summed E-state index contributed by atoms with van der Waals surface area (Å²) >= 11 is 12.3. The van der Waals surface area contributed by atoms with E-state index in [1.807, 2.05) is 56.3 Å². The van der Waals surface area contributed by atoms with Gasteiger partial charge in [-0.15, -0.1) is 0 Å². The molecule has 5 heteroatoms. The van der Waals surface area contributed by atoms with Crippen LogP contribution in [0.25, 0.3) is 10.9 Å². The van der Waals surface area contributed by atoms with Crippen LogP contribution >= 0.6 is 23.2 Å². The molecule has 0 radical (unpaired) electrons. The van der Waals surface area contributed by atoms with E-state index in [2.05, 4.69) is 4.57 Å². The molecular formula is C20H19Cl2NO2. The maximum absolute atomic E-state index is 12.0. The normalized spacial score (nSPS) is 11.0. The molecule has 3 rings (SSSR count). The van der Waals surface area contributed by atoms with Crippen LogP contribution in [0, 0.1) is 6.92 Å². The van der Waals surface area contributed by atoms with Crippen molar-refractivity contribution in [1.29, 1.82) is 0 Å². The SMILES string of the molecule is CCOC(=O)Cc1c(C)n(Cc2cccc(Cl)c2)c2ccc(Cl)cc12. The van der Waals surface area contributed by atoms with Crippen molar-refractivity contribution >= 4 is 40.1 Å². The number of ether oxygens (including phenoxy) is 1. The molecule has 0 bridgehead atoms. The molecule has 0 N–H and O–H groups in total. The summed E-state index contributed by atoms with van der Waals surface area (Å²) in [6.07, 6.45) is 0.235. The molecule has 25 heavy (non-hydrogen) atoms. The highest BCUT2D eigenvalue weighted by Crippen LogP contribution is 2.30. The van der Waals surface area contributed by atoms with Crippen LogP contribution in [0.4, 0.5) is 0 Å². The lowest BCUT2D eigenvalue weighted by Crippen LogP contribution is -2.09. The number of hydrogen-bond donors (Lipinski definition) is 0. The summed E-state index contributed by atoms with van der Waals surface area (Å²) in [7, 11) is 0. The molecule has 1 aromatic heterocycles. The van der Waals surface area contributed by atoms with Crippen LogP contribution in [-0.4, -0.2) is 17.1 Å². The number of fused-ring (bicyclic) bond motifs is 1. The van der Waals surface area contributed by atoms with Crippen LogP contribution < -0.4 is 0 Å². The van der Waals surface area contributed by atoms with Gasteiger partial charge in [-0.2, -0.15) is 0 Å². The second-order valence-corrected chi connectivity index (χ2v) is 6.80. The van der Waals surface area contributed by atoms with Crippen molar-refractivity contribution in [3.63, 3.8) is 0 Å². The summed E-state index contributed by atoms with van der Waals surface area (Å²) in [5.74, 6) is -0.229. The van der Waals surface area contributed by atoms with Crippen molar-refractivity contribution < 1.29 is 9.53 Å². The van der Waals surface area contributed by atoms with Gasteiger partial charge in [-0.05, 0) is 55.3 Å². The zero-order valence-corrected chi connectivity index (χ0v) is 15.7. The smallest absolute Gasteiger partial charge is 0.310 e. The van der Waals surface area contributed by atoms with Gasteiger partial charge in [0.1, 0.15) is 0 Å². The molecule has 0 saturated heterocycles. The number of hydrogen-bond acceptors (Lipinski definition) is 2. The van der Waals surface area contributed by atoms with Gasteiger partial charge in [-0.3, -0.25) is 4.79 Å². The molecule has 3 nitrogen and oxygen atoms in total. The maximum atomic E-state index is 12.0. The molecule has 0 fully saturated rings. The molecule has 0 unspecified atom stereocenters. The molecule has 130 valence electrons. The van der Waals surface area contributed by atoms with Crippen LogP contribution in [0.2, 0.25) is 10.0 Å². The molecule has 0 spiro atoms. The van der Waals surface area contributed by atoms with E-state index in [9.17, 15) is 4.79 Å². The van der Waals surface area contributed by atoms with E-state index < -0.39 is 0 Å². The predicted molar refractivity (Wildman–Crippen MR) is 103 cm³/mol. The van der Waals surface area contributed by atoms with E-state index in [1.165, 1.54) is 0 Å². The minimum absolute atomic E-state index is 0.229. The average molecular weight is 376 g/mol. The number of benzene rings is 2. The Morgan fingerprint density at radius 2 is 1.88 bits per heavy atom. The number of esters is 1. The Bertz CT molecular complexity index is 931. The number of rotatable bonds is 5. The lowest BCUT2D eigenvalue weighted by atomic mass is 10.1. The number of carbonyl (C=O) groups is 1. The third-order valence-electron chi connectivity index (χ3n) is 4.27. The zero-order valence-electron chi connectivity index (χ0n) is 14.2. The van der Waals surface area contributed by atoms with Crippen LogP contribution in [0.3, 0.4) is 0 Å². The Labute approximate surface area is 157 Å². The average Bonchev–Trinajstić information content (AvgIpc) is 2.80. The van der Waals surface area contributed by atoms with Gasteiger partial charge in [0.05, 0.1) is 13.0 Å². The summed E-state index contributed by atoms with van der Waals surface area (Å²) in [6.45, 7) is 4.88. The fraction of sp³-hybridized carbons (Fsp3) is 0.250. The second-order valence-electron chi connectivity index (χ2n) is 5.92. The molecule has 0 aliphatic heterocycles. The van der Waals surface area contributed by atoms with E-state index in [-0.39, 0.29) is 12.4 Å². The van der Waals surface area contributed by atoms with Crippen molar-refractivity contribution in [3.8, 4) is 0 Å². The predicted octanol–water partition coefficient (Wildman–Crippen LogP) is 5.41. The molecule has 0 amide bonds. The first kappa shape index (κ1) is 17.8. The highest BCUT2D eigenvalue weighted by Gasteiger charge is 2.18. The summed E-state index contributed by atoms with van der Waals surface area (Å²) in [4.78, 5) is 12.0. The Balaban J connectivity index is 2.09. The van der Waals surface area contributed by atoms with Crippen LogP contribution in [-0.2, 0) is 22.5 Å². The van der Waals surface area contributed by atoms with E-state index in [0.717, 1.165) is 27.7 Å². The summed E-state index contributed by atoms with van der Waals surface area (Å²) in [6, 6.07) is 13.6. The topological polar surface area (TPSA) is 31.2 Å². The molecule has 2 aromatic carbocycles. The molecule has 0 atom stereocenters. The standard InChI is InChI=1S/C20H19Cl2NO2/c1-3-25-20(24)11-17-13(2)23(12-14-5-4-6-15(21)9-14)19-8-7-16(22)10-18(17)19/h4-10H,3,11-12H2,1-2H3. The van der Waals surface area contributed by atoms with Crippen molar-refractivity contribution in [2.75, 3.05) is 6.61 Å².